The third kappa shape index (κ3) is 2.58. The maximum Gasteiger partial charge on any atom is 0.392 e. The van der Waals surface area contributed by atoms with E-state index in [9.17, 15) is 17.6 Å². The summed E-state index contributed by atoms with van der Waals surface area (Å²) >= 11 is 0. The molecule has 0 aromatic rings. The van der Waals surface area contributed by atoms with Crippen LogP contribution in [-0.2, 0) is 0 Å². The van der Waals surface area contributed by atoms with Gasteiger partial charge in [0.2, 0.25) is 0 Å². The minimum absolute atomic E-state index is 0.297. The number of alkyl halides is 4. The van der Waals surface area contributed by atoms with Gasteiger partial charge in [-0.2, -0.15) is 13.2 Å². The van der Waals surface area contributed by atoms with Gasteiger partial charge in [0.05, 0.1) is 5.92 Å². The van der Waals surface area contributed by atoms with Crippen molar-refractivity contribution in [2.24, 2.45) is 11.8 Å². The van der Waals surface area contributed by atoms with E-state index in [4.69, 9.17) is 0 Å². The van der Waals surface area contributed by atoms with Crippen molar-refractivity contribution in [1.82, 2.24) is 0 Å². The molecule has 13 heavy (non-hydrogen) atoms. The highest BCUT2D eigenvalue weighted by molar-refractivity contribution is 4.83. The van der Waals surface area contributed by atoms with Crippen molar-refractivity contribution in [2.75, 3.05) is 0 Å². The number of hydrogen-bond acceptors (Lipinski definition) is 0. The van der Waals surface area contributed by atoms with Crippen LogP contribution in [0, 0.1) is 11.8 Å². The molecule has 0 N–H and O–H groups in total. The van der Waals surface area contributed by atoms with Crippen molar-refractivity contribution in [2.45, 2.75) is 45.0 Å². The third-order valence-corrected chi connectivity index (χ3v) is 2.87. The lowest BCUT2D eigenvalue weighted by atomic mass is 9.76. The fourth-order valence-corrected chi connectivity index (χ4v) is 2.07. The molecule has 0 heterocycles. The van der Waals surface area contributed by atoms with E-state index in [-0.39, 0.29) is 12.3 Å². The van der Waals surface area contributed by atoms with E-state index in [1.54, 1.807) is 6.92 Å². The van der Waals surface area contributed by atoms with Gasteiger partial charge >= 0.3 is 6.18 Å². The van der Waals surface area contributed by atoms with Gasteiger partial charge < -0.3 is 0 Å². The lowest BCUT2D eigenvalue weighted by Crippen LogP contribution is -2.36. The lowest BCUT2D eigenvalue weighted by Gasteiger charge is -2.33. The minimum atomic E-state index is -4.22. The molecular weight excluding hydrogens is 184 g/mol. The van der Waals surface area contributed by atoms with Crippen LogP contribution in [0.4, 0.5) is 17.6 Å². The Balaban J connectivity index is 2.65. The quantitative estimate of drug-likeness (QED) is 0.563. The predicted octanol–water partition coefficient (Wildman–Crippen LogP) is 3.71. The Bertz CT molecular complexity index is 163. The molecule has 1 aliphatic carbocycles. The Labute approximate surface area is 75.3 Å². The minimum Gasteiger partial charge on any atom is -0.247 e. The average molecular weight is 198 g/mol. The molecule has 3 atom stereocenters. The van der Waals surface area contributed by atoms with Gasteiger partial charge in [-0.25, -0.2) is 4.39 Å². The van der Waals surface area contributed by atoms with Crippen molar-refractivity contribution in [3.63, 3.8) is 0 Å². The van der Waals surface area contributed by atoms with E-state index in [1.807, 2.05) is 0 Å². The maximum absolute atomic E-state index is 12.8. The first-order valence-electron chi connectivity index (χ1n) is 4.66. The molecule has 0 aromatic carbocycles. The molecule has 0 spiro atoms. The molecule has 1 aliphatic rings. The largest absolute Gasteiger partial charge is 0.392 e. The Morgan fingerprint density at radius 3 is 2.31 bits per heavy atom. The normalized spacial score (nSPS) is 36.2. The van der Waals surface area contributed by atoms with Gasteiger partial charge in [-0.05, 0) is 25.2 Å². The summed E-state index contributed by atoms with van der Waals surface area (Å²) in [6, 6.07) is 0. The summed E-state index contributed by atoms with van der Waals surface area (Å²) in [6.45, 7) is 1.74. The van der Waals surface area contributed by atoms with Gasteiger partial charge in [-0.15, -0.1) is 0 Å². The van der Waals surface area contributed by atoms with Crippen LogP contribution in [0.15, 0.2) is 0 Å². The van der Waals surface area contributed by atoms with Crippen molar-refractivity contribution in [1.29, 1.82) is 0 Å². The highest BCUT2D eigenvalue weighted by Gasteiger charge is 2.46. The van der Waals surface area contributed by atoms with E-state index >= 15 is 0 Å². The van der Waals surface area contributed by atoms with Crippen LogP contribution < -0.4 is 0 Å². The SMILES string of the molecule is CCC1CCC(F)CC1C(F)(F)F. The molecule has 78 valence electrons. The molecule has 0 amide bonds. The van der Waals surface area contributed by atoms with Crippen LogP contribution in [0.1, 0.15) is 32.6 Å². The van der Waals surface area contributed by atoms with Crippen LogP contribution in [0.3, 0.4) is 0 Å². The molecular formula is C9H14F4. The van der Waals surface area contributed by atoms with Gasteiger partial charge in [0.15, 0.2) is 0 Å². The van der Waals surface area contributed by atoms with Gasteiger partial charge in [0, 0.05) is 0 Å². The molecule has 0 aromatic heterocycles. The standard InChI is InChI=1S/C9H14F4/c1-2-6-3-4-7(10)5-8(6)9(11,12)13/h6-8H,2-5H2,1H3. The van der Waals surface area contributed by atoms with Gasteiger partial charge in [0.1, 0.15) is 6.17 Å². The fraction of sp³-hybridized carbons (Fsp3) is 1.00. The van der Waals surface area contributed by atoms with Crippen LogP contribution in [0.5, 0.6) is 0 Å². The first kappa shape index (κ1) is 10.8. The molecule has 4 heteroatoms. The maximum atomic E-state index is 12.8. The smallest absolute Gasteiger partial charge is 0.247 e. The zero-order valence-corrected chi connectivity index (χ0v) is 7.57. The first-order valence-corrected chi connectivity index (χ1v) is 4.66. The Hall–Kier alpha value is -0.280. The van der Waals surface area contributed by atoms with E-state index in [0.29, 0.717) is 19.3 Å². The summed E-state index contributed by atoms with van der Waals surface area (Å²) in [5.74, 6) is -1.78. The lowest BCUT2D eigenvalue weighted by molar-refractivity contribution is -0.201. The zero-order chi connectivity index (χ0) is 10.1. The molecule has 0 aliphatic heterocycles. The van der Waals surface area contributed by atoms with E-state index in [0.717, 1.165) is 0 Å². The second-order valence-corrected chi connectivity index (χ2v) is 3.73. The second kappa shape index (κ2) is 3.84. The van der Waals surface area contributed by atoms with Crippen molar-refractivity contribution >= 4 is 0 Å². The summed E-state index contributed by atoms with van der Waals surface area (Å²) in [4.78, 5) is 0. The monoisotopic (exact) mass is 198 g/mol. The Morgan fingerprint density at radius 2 is 1.85 bits per heavy atom. The first-order chi connectivity index (χ1) is 5.95. The number of rotatable bonds is 1. The molecule has 0 bridgehead atoms. The van der Waals surface area contributed by atoms with Crippen LogP contribution in [0.25, 0.3) is 0 Å². The highest BCUT2D eigenvalue weighted by atomic mass is 19.4. The molecule has 1 rings (SSSR count). The van der Waals surface area contributed by atoms with Crippen molar-refractivity contribution < 1.29 is 17.6 Å². The third-order valence-electron chi connectivity index (χ3n) is 2.87. The topological polar surface area (TPSA) is 0 Å². The fourth-order valence-electron chi connectivity index (χ4n) is 2.07. The zero-order valence-electron chi connectivity index (χ0n) is 7.57. The van der Waals surface area contributed by atoms with Crippen molar-refractivity contribution in [3.05, 3.63) is 0 Å². The van der Waals surface area contributed by atoms with Crippen LogP contribution in [0.2, 0.25) is 0 Å². The van der Waals surface area contributed by atoms with E-state index in [2.05, 4.69) is 0 Å². The van der Waals surface area contributed by atoms with Gasteiger partial charge in [-0.1, -0.05) is 13.3 Å². The second-order valence-electron chi connectivity index (χ2n) is 3.73. The van der Waals surface area contributed by atoms with Crippen LogP contribution >= 0.6 is 0 Å². The number of hydrogen-bond donors (Lipinski definition) is 0. The summed E-state index contributed by atoms with van der Waals surface area (Å²) < 4.78 is 49.9. The molecule has 0 nitrogen and oxygen atoms in total. The predicted molar refractivity (Wildman–Crippen MR) is 42.1 cm³/mol. The summed E-state index contributed by atoms with van der Waals surface area (Å²) in [5, 5.41) is 0. The van der Waals surface area contributed by atoms with Gasteiger partial charge in [0.25, 0.3) is 0 Å². The highest BCUT2D eigenvalue weighted by Crippen LogP contribution is 2.43. The van der Waals surface area contributed by atoms with Crippen LogP contribution in [-0.4, -0.2) is 12.3 Å². The Morgan fingerprint density at radius 1 is 1.23 bits per heavy atom. The molecule has 3 unspecified atom stereocenters. The van der Waals surface area contributed by atoms with Gasteiger partial charge in [-0.3, -0.25) is 0 Å². The molecule has 0 radical (unpaired) electrons. The summed E-state index contributed by atoms with van der Waals surface area (Å²) in [6.07, 6.45) is -4.63. The molecule has 1 fully saturated rings. The molecule has 0 saturated heterocycles. The summed E-state index contributed by atoms with van der Waals surface area (Å²) in [7, 11) is 0. The van der Waals surface area contributed by atoms with Crippen molar-refractivity contribution in [3.8, 4) is 0 Å². The van der Waals surface area contributed by atoms with E-state index < -0.39 is 18.3 Å². The Kier molecular flexibility index (Phi) is 3.19. The van der Waals surface area contributed by atoms with E-state index in [1.165, 1.54) is 0 Å². The number of halogens is 4. The molecule has 1 saturated carbocycles. The average Bonchev–Trinajstić information content (AvgIpc) is 2.03. The summed E-state index contributed by atoms with van der Waals surface area (Å²) in [5.41, 5.74) is 0.